The summed E-state index contributed by atoms with van der Waals surface area (Å²) in [5, 5.41) is 1.22. The molecule has 3 heteroatoms. The van der Waals surface area contributed by atoms with Gasteiger partial charge in [0.25, 0.3) is 5.01 Å². The van der Waals surface area contributed by atoms with Crippen molar-refractivity contribution in [2.24, 2.45) is 7.05 Å². The van der Waals surface area contributed by atoms with E-state index in [2.05, 4.69) is 104 Å². The van der Waals surface area contributed by atoms with Crippen molar-refractivity contribution in [3.8, 4) is 5.75 Å². The molecule has 0 fully saturated rings. The lowest BCUT2D eigenvalue weighted by Gasteiger charge is -2.21. The lowest BCUT2D eigenvalue weighted by molar-refractivity contribution is -0.642. The van der Waals surface area contributed by atoms with Gasteiger partial charge >= 0.3 is 0 Å². The summed E-state index contributed by atoms with van der Waals surface area (Å²) in [6.45, 7) is 4.22. The third-order valence-corrected chi connectivity index (χ3v) is 6.51. The average Bonchev–Trinajstić information content (AvgIpc) is 3.04. The summed E-state index contributed by atoms with van der Waals surface area (Å²) in [5.41, 5.74) is 7.13. The van der Waals surface area contributed by atoms with Gasteiger partial charge in [-0.2, -0.15) is 4.57 Å². The number of thiazole rings is 1. The van der Waals surface area contributed by atoms with E-state index in [0.29, 0.717) is 0 Å². The molecule has 0 saturated heterocycles. The summed E-state index contributed by atoms with van der Waals surface area (Å²) in [7, 11) is 2.13. The van der Waals surface area contributed by atoms with Crippen molar-refractivity contribution >= 4 is 39.0 Å². The molecule has 0 bridgehead atoms. The third kappa shape index (κ3) is 3.28. The number of aromatic nitrogens is 1. The standard InChI is InChI=1S/C26H22NOS/c1-17-8-11-19(12-9-17)24-15-20(21-14-18(2)10-13-23(21)28-24)16-26-27(3)22-6-4-5-7-25(22)29-26/h4-16H,1-3H3/q+1/b20-16+. The van der Waals surface area contributed by atoms with Gasteiger partial charge < -0.3 is 4.74 Å². The molecule has 4 aromatic rings. The Morgan fingerprint density at radius 2 is 1.66 bits per heavy atom. The van der Waals surface area contributed by atoms with Crippen molar-refractivity contribution in [2.45, 2.75) is 13.8 Å². The lowest BCUT2D eigenvalue weighted by atomic mass is 9.97. The van der Waals surface area contributed by atoms with E-state index in [0.717, 1.165) is 22.6 Å². The Morgan fingerprint density at radius 1 is 0.897 bits per heavy atom. The van der Waals surface area contributed by atoms with Crippen LogP contribution in [0.1, 0.15) is 27.3 Å². The van der Waals surface area contributed by atoms with Crippen LogP contribution in [0.4, 0.5) is 0 Å². The fraction of sp³-hybridized carbons (Fsp3) is 0.115. The van der Waals surface area contributed by atoms with Gasteiger partial charge in [-0.25, -0.2) is 0 Å². The van der Waals surface area contributed by atoms with E-state index in [1.54, 1.807) is 0 Å². The molecule has 0 unspecified atom stereocenters. The van der Waals surface area contributed by atoms with Crippen LogP contribution in [0.25, 0.3) is 27.6 Å². The molecule has 1 aromatic heterocycles. The van der Waals surface area contributed by atoms with Crippen LogP contribution in [0.3, 0.4) is 0 Å². The first-order valence-corrected chi connectivity index (χ1v) is 10.6. The maximum atomic E-state index is 6.29. The average molecular weight is 397 g/mol. The van der Waals surface area contributed by atoms with E-state index in [4.69, 9.17) is 4.74 Å². The molecule has 3 aromatic carbocycles. The molecule has 142 valence electrons. The van der Waals surface area contributed by atoms with E-state index in [-0.39, 0.29) is 0 Å². The second-order valence-electron chi connectivity index (χ2n) is 7.54. The highest BCUT2D eigenvalue weighted by molar-refractivity contribution is 7.18. The Morgan fingerprint density at radius 3 is 2.45 bits per heavy atom. The number of fused-ring (bicyclic) bond motifs is 2. The zero-order chi connectivity index (χ0) is 20.0. The summed E-state index contributed by atoms with van der Waals surface area (Å²) in [4.78, 5) is 0. The first kappa shape index (κ1) is 17.9. The number of ether oxygens (including phenoxy) is 1. The van der Waals surface area contributed by atoms with Crippen molar-refractivity contribution in [3.63, 3.8) is 0 Å². The number of nitrogens with zero attached hydrogens (tertiary/aromatic N) is 1. The highest BCUT2D eigenvalue weighted by atomic mass is 32.1. The Kier molecular flexibility index (Phi) is 4.33. The van der Waals surface area contributed by atoms with Gasteiger partial charge in [0, 0.05) is 23.3 Å². The molecule has 0 amide bonds. The zero-order valence-corrected chi connectivity index (χ0v) is 17.6. The number of hydrogen-bond acceptors (Lipinski definition) is 2. The van der Waals surface area contributed by atoms with Gasteiger partial charge in [0.2, 0.25) is 5.52 Å². The van der Waals surface area contributed by atoms with Crippen LogP contribution in [0, 0.1) is 13.8 Å². The van der Waals surface area contributed by atoms with Crippen molar-refractivity contribution in [2.75, 3.05) is 0 Å². The van der Waals surface area contributed by atoms with Gasteiger partial charge in [-0.05, 0) is 43.7 Å². The fourth-order valence-electron chi connectivity index (χ4n) is 3.68. The maximum Gasteiger partial charge on any atom is 0.263 e. The van der Waals surface area contributed by atoms with Gasteiger partial charge in [0.1, 0.15) is 23.3 Å². The van der Waals surface area contributed by atoms with Crippen molar-refractivity contribution in [3.05, 3.63) is 100 Å². The van der Waals surface area contributed by atoms with Crippen LogP contribution in [-0.2, 0) is 7.05 Å². The van der Waals surface area contributed by atoms with Crippen LogP contribution in [0.2, 0.25) is 0 Å². The monoisotopic (exact) mass is 396 g/mol. The second kappa shape index (κ2) is 7.02. The maximum absolute atomic E-state index is 6.29. The molecule has 0 radical (unpaired) electrons. The van der Waals surface area contributed by atoms with Gasteiger partial charge in [0.15, 0.2) is 0 Å². The summed E-state index contributed by atoms with van der Waals surface area (Å²) >= 11 is 1.81. The van der Waals surface area contributed by atoms with Crippen molar-refractivity contribution < 1.29 is 9.30 Å². The molecular formula is C26H22NOS+. The highest BCUT2D eigenvalue weighted by Gasteiger charge is 2.21. The smallest absolute Gasteiger partial charge is 0.263 e. The largest absolute Gasteiger partial charge is 0.456 e. The van der Waals surface area contributed by atoms with Gasteiger partial charge in [0.05, 0.1) is 0 Å². The minimum Gasteiger partial charge on any atom is -0.456 e. The van der Waals surface area contributed by atoms with Crippen LogP contribution in [0.5, 0.6) is 5.75 Å². The third-order valence-electron chi connectivity index (χ3n) is 5.34. The predicted molar refractivity (Wildman–Crippen MR) is 122 cm³/mol. The molecule has 0 atom stereocenters. The summed E-state index contributed by atoms with van der Waals surface area (Å²) in [6.07, 6.45) is 4.44. The Labute approximate surface area is 175 Å². The molecule has 0 N–H and O–H groups in total. The topological polar surface area (TPSA) is 13.1 Å². The Balaban J connectivity index is 1.69. The predicted octanol–water partition coefficient (Wildman–Crippen LogP) is 6.32. The summed E-state index contributed by atoms with van der Waals surface area (Å²) in [5.74, 6) is 1.79. The van der Waals surface area contributed by atoms with Gasteiger partial charge in [-0.15, -0.1) is 0 Å². The van der Waals surface area contributed by atoms with Gasteiger partial charge in [-0.3, -0.25) is 0 Å². The van der Waals surface area contributed by atoms with E-state index in [9.17, 15) is 0 Å². The van der Waals surface area contributed by atoms with Crippen LogP contribution in [-0.4, -0.2) is 0 Å². The summed E-state index contributed by atoms with van der Waals surface area (Å²) < 4.78 is 9.84. The second-order valence-corrected chi connectivity index (χ2v) is 8.61. The molecule has 0 spiro atoms. The van der Waals surface area contributed by atoms with E-state index in [1.165, 1.54) is 31.9 Å². The molecule has 1 aliphatic rings. The quantitative estimate of drug-likeness (QED) is 0.362. The minimum atomic E-state index is 0.886. The molecule has 2 nitrogen and oxygen atoms in total. The Bertz CT molecular complexity index is 1290. The van der Waals surface area contributed by atoms with Crippen LogP contribution in [0.15, 0.2) is 72.8 Å². The fourth-order valence-corrected chi connectivity index (χ4v) is 4.79. The number of rotatable bonds is 2. The molecule has 0 aliphatic carbocycles. The van der Waals surface area contributed by atoms with Gasteiger partial charge in [-0.1, -0.05) is 64.9 Å². The number of benzene rings is 3. The van der Waals surface area contributed by atoms with Crippen LogP contribution < -0.4 is 9.30 Å². The number of hydrogen-bond donors (Lipinski definition) is 0. The molecule has 29 heavy (non-hydrogen) atoms. The van der Waals surface area contributed by atoms with Crippen molar-refractivity contribution in [1.82, 2.24) is 0 Å². The Hall–Kier alpha value is -3.17. The summed E-state index contributed by atoms with van der Waals surface area (Å²) in [6, 6.07) is 23.4. The number of aryl methyl sites for hydroxylation is 3. The SMILES string of the molecule is Cc1ccc(C2=C/C(=C\c3sc4ccccc4[n+]3C)c3cc(C)ccc3O2)cc1. The zero-order valence-electron chi connectivity index (χ0n) is 16.8. The first-order chi connectivity index (χ1) is 14.1. The lowest BCUT2D eigenvalue weighted by Crippen LogP contribution is -2.28. The molecule has 0 saturated carbocycles. The van der Waals surface area contributed by atoms with E-state index < -0.39 is 0 Å². The number of allylic oxidation sites excluding steroid dienone is 2. The first-order valence-electron chi connectivity index (χ1n) is 9.75. The van der Waals surface area contributed by atoms with E-state index in [1.807, 2.05) is 11.3 Å². The van der Waals surface area contributed by atoms with Crippen LogP contribution >= 0.6 is 11.3 Å². The normalized spacial score (nSPS) is 14.6. The molecule has 2 heterocycles. The molecule has 1 aliphatic heterocycles. The highest BCUT2D eigenvalue weighted by Crippen LogP contribution is 2.39. The number of para-hydroxylation sites is 1. The minimum absolute atomic E-state index is 0.886. The van der Waals surface area contributed by atoms with Crippen molar-refractivity contribution in [1.29, 1.82) is 0 Å². The molecule has 5 rings (SSSR count). The van der Waals surface area contributed by atoms with E-state index >= 15 is 0 Å². The molecular weight excluding hydrogens is 374 g/mol.